The minimum atomic E-state index is -0.330. The van der Waals surface area contributed by atoms with Crippen LogP contribution in [-0.4, -0.2) is 16.2 Å². The molecule has 1 rings (SSSR count). The normalized spacial score (nSPS) is 9.18. The van der Waals surface area contributed by atoms with Crippen molar-refractivity contribution < 1.29 is 9.42 Å². The van der Waals surface area contributed by atoms with Crippen molar-refractivity contribution in [2.24, 2.45) is 0 Å². The summed E-state index contributed by atoms with van der Waals surface area (Å²) in [7, 11) is 0. The Kier molecular flexibility index (Phi) is 2.00. The van der Waals surface area contributed by atoms with Crippen molar-refractivity contribution in [1.82, 2.24) is 10.3 Å². The second-order valence-electron chi connectivity index (χ2n) is 1.89. The number of anilines is 1. The molecule has 5 heteroatoms. The summed E-state index contributed by atoms with van der Waals surface area (Å²) >= 11 is 0. The average molecular weight is 153 g/mol. The Balaban J connectivity index is 2.71. The first kappa shape index (κ1) is 7.46. The number of nitrogens with one attached hydrogen (secondary N) is 1. The molecule has 1 amide bonds. The van der Waals surface area contributed by atoms with Gasteiger partial charge in [0.25, 0.3) is 0 Å². The summed E-state index contributed by atoms with van der Waals surface area (Å²) < 4.78 is 4.34. The van der Waals surface area contributed by atoms with E-state index in [4.69, 9.17) is 0 Å². The van der Waals surface area contributed by atoms with Crippen LogP contribution in [-0.2, 0) is 4.79 Å². The molecule has 0 aliphatic rings. The van der Waals surface area contributed by atoms with Crippen molar-refractivity contribution in [3.63, 3.8) is 0 Å². The summed E-state index contributed by atoms with van der Waals surface area (Å²) in [4.78, 5) is 10.7. The molecule has 0 unspecified atom stereocenters. The first-order valence-corrected chi connectivity index (χ1v) is 2.96. The lowest BCUT2D eigenvalue weighted by molar-refractivity contribution is -0.111. The minimum Gasteiger partial charge on any atom is -0.303 e. The van der Waals surface area contributed by atoms with Crippen molar-refractivity contribution in [2.45, 2.75) is 6.92 Å². The smallest absolute Gasteiger partial charge is 0.249 e. The third-order valence-electron chi connectivity index (χ3n) is 1.08. The van der Waals surface area contributed by atoms with Crippen LogP contribution in [0.1, 0.15) is 5.69 Å². The molecule has 0 bridgehead atoms. The van der Waals surface area contributed by atoms with Crippen LogP contribution in [0.25, 0.3) is 0 Å². The number of aryl methyl sites for hydroxylation is 1. The molecule has 0 aromatic carbocycles. The molecule has 0 radical (unpaired) electrons. The molecule has 1 aromatic rings. The molecule has 1 aromatic heterocycles. The van der Waals surface area contributed by atoms with Gasteiger partial charge in [-0.1, -0.05) is 11.7 Å². The van der Waals surface area contributed by atoms with Gasteiger partial charge in [0.1, 0.15) is 5.69 Å². The van der Waals surface area contributed by atoms with E-state index in [-0.39, 0.29) is 5.91 Å². The first-order chi connectivity index (χ1) is 5.24. The number of aromatic nitrogens is 2. The van der Waals surface area contributed by atoms with Crippen molar-refractivity contribution in [3.05, 3.63) is 18.3 Å². The molecule has 0 aliphatic carbocycles. The predicted molar refractivity (Wildman–Crippen MR) is 37.9 cm³/mol. The van der Waals surface area contributed by atoms with Crippen molar-refractivity contribution in [3.8, 4) is 0 Å². The highest BCUT2D eigenvalue weighted by Crippen LogP contribution is 2.05. The Morgan fingerprint density at radius 3 is 2.91 bits per heavy atom. The highest BCUT2D eigenvalue weighted by atomic mass is 16.6. The van der Waals surface area contributed by atoms with E-state index in [1.54, 1.807) is 6.92 Å². The number of amides is 1. The molecule has 0 aliphatic heterocycles. The molecule has 0 saturated carbocycles. The predicted octanol–water partition coefficient (Wildman–Crippen LogP) is 0.503. The number of carbonyl (C=O) groups excluding carboxylic acids is 1. The fraction of sp³-hybridized carbons (Fsp3) is 0.167. The van der Waals surface area contributed by atoms with Gasteiger partial charge in [-0.05, 0) is 18.2 Å². The lowest BCUT2D eigenvalue weighted by Gasteiger charge is -1.93. The van der Waals surface area contributed by atoms with E-state index in [0.717, 1.165) is 6.08 Å². The van der Waals surface area contributed by atoms with Crippen LogP contribution >= 0.6 is 0 Å². The van der Waals surface area contributed by atoms with Crippen molar-refractivity contribution >= 4 is 11.7 Å². The number of rotatable bonds is 2. The second kappa shape index (κ2) is 2.96. The molecular weight excluding hydrogens is 146 g/mol. The standard InChI is InChI=1S/C6H7N3O2/c1-3-5(10)7-6-4(2)8-11-9-6/h3H,1H2,2H3,(H,7,9,10). The van der Waals surface area contributed by atoms with Crippen LogP contribution in [0.5, 0.6) is 0 Å². The topological polar surface area (TPSA) is 68.0 Å². The molecule has 0 saturated heterocycles. The molecule has 11 heavy (non-hydrogen) atoms. The molecule has 1 heterocycles. The van der Waals surface area contributed by atoms with Crippen molar-refractivity contribution in [2.75, 3.05) is 5.32 Å². The van der Waals surface area contributed by atoms with Crippen LogP contribution in [0.3, 0.4) is 0 Å². The van der Waals surface area contributed by atoms with Gasteiger partial charge in [0.05, 0.1) is 0 Å². The number of nitrogens with zero attached hydrogens (tertiary/aromatic N) is 2. The summed E-state index contributed by atoms with van der Waals surface area (Å²) in [5.41, 5.74) is 0.542. The van der Waals surface area contributed by atoms with E-state index in [9.17, 15) is 4.79 Å². The third kappa shape index (κ3) is 1.64. The van der Waals surface area contributed by atoms with E-state index in [2.05, 4.69) is 26.8 Å². The van der Waals surface area contributed by atoms with Gasteiger partial charge in [-0.15, -0.1) is 0 Å². The zero-order chi connectivity index (χ0) is 8.27. The zero-order valence-electron chi connectivity index (χ0n) is 6.00. The average Bonchev–Trinajstić information content (AvgIpc) is 2.37. The molecular formula is C6H7N3O2. The van der Waals surface area contributed by atoms with Gasteiger partial charge in [-0.25, -0.2) is 4.63 Å². The second-order valence-corrected chi connectivity index (χ2v) is 1.89. The van der Waals surface area contributed by atoms with Gasteiger partial charge in [0, 0.05) is 0 Å². The van der Waals surface area contributed by atoms with E-state index >= 15 is 0 Å². The van der Waals surface area contributed by atoms with Crippen molar-refractivity contribution in [1.29, 1.82) is 0 Å². The molecule has 0 spiro atoms. The highest BCUT2D eigenvalue weighted by Gasteiger charge is 2.05. The number of carbonyl (C=O) groups is 1. The zero-order valence-corrected chi connectivity index (χ0v) is 6.00. The minimum absolute atomic E-state index is 0.329. The van der Waals surface area contributed by atoms with E-state index in [1.807, 2.05) is 0 Å². The quantitative estimate of drug-likeness (QED) is 0.628. The van der Waals surface area contributed by atoms with Gasteiger partial charge >= 0.3 is 0 Å². The first-order valence-electron chi connectivity index (χ1n) is 2.96. The lowest BCUT2D eigenvalue weighted by Crippen LogP contribution is -2.08. The highest BCUT2D eigenvalue weighted by molar-refractivity contribution is 5.98. The number of hydrogen-bond donors (Lipinski definition) is 1. The summed E-state index contributed by atoms with van der Waals surface area (Å²) in [6.45, 7) is 4.96. The number of hydrogen-bond acceptors (Lipinski definition) is 4. The van der Waals surface area contributed by atoms with E-state index in [0.29, 0.717) is 11.5 Å². The van der Waals surface area contributed by atoms with Crippen LogP contribution in [0, 0.1) is 6.92 Å². The molecule has 0 atom stereocenters. The fourth-order valence-electron chi connectivity index (χ4n) is 0.513. The fourth-order valence-corrected chi connectivity index (χ4v) is 0.513. The lowest BCUT2D eigenvalue weighted by atomic mass is 10.4. The molecule has 0 fully saturated rings. The van der Waals surface area contributed by atoms with Crippen LogP contribution in [0.15, 0.2) is 17.3 Å². The van der Waals surface area contributed by atoms with Crippen LogP contribution in [0.2, 0.25) is 0 Å². The summed E-state index contributed by atoms with van der Waals surface area (Å²) in [6, 6.07) is 0. The third-order valence-corrected chi connectivity index (χ3v) is 1.08. The SMILES string of the molecule is C=CC(=O)Nc1nonc1C. The molecule has 5 nitrogen and oxygen atoms in total. The maximum Gasteiger partial charge on any atom is 0.249 e. The Hall–Kier alpha value is -1.65. The molecule has 58 valence electrons. The monoisotopic (exact) mass is 153 g/mol. The van der Waals surface area contributed by atoms with Crippen LogP contribution < -0.4 is 5.32 Å². The Morgan fingerprint density at radius 1 is 1.73 bits per heavy atom. The van der Waals surface area contributed by atoms with Crippen LogP contribution in [0.4, 0.5) is 5.82 Å². The van der Waals surface area contributed by atoms with Gasteiger partial charge < -0.3 is 5.32 Å². The van der Waals surface area contributed by atoms with Gasteiger partial charge in [-0.2, -0.15) is 0 Å². The van der Waals surface area contributed by atoms with E-state index in [1.165, 1.54) is 0 Å². The Labute approximate surface area is 63.0 Å². The van der Waals surface area contributed by atoms with Gasteiger partial charge in [0.15, 0.2) is 0 Å². The van der Waals surface area contributed by atoms with Gasteiger partial charge in [-0.3, -0.25) is 4.79 Å². The maximum absolute atomic E-state index is 10.7. The van der Waals surface area contributed by atoms with Gasteiger partial charge in [0.2, 0.25) is 11.7 Å². The molecule has 1 N–H and O–H groups in total. The Bertz CT molecular complexity index is 279. The summed E-state index contributed by atoms with van der Waals surface area (Å²) in [6.07, 6.45) is 1.15. The maximum atomic E-state index is 10.7. The largest absolute Gasteiger partial charge is 0.303 e. The summed E-state index contributed by atoms with van der Waals surface area (Å²) in [5, 5.41) is 9.32. The summed E-state index contributed by atoms with van der Waals surface area (Å²) in [5.74, 6) is -0.00120. The van der Waals surface area contributed by atoms with E-state index < -0.39 is 0 Å². The Morgan fingerprint density at radius 2 is 2.45 bits per heavy atom.